The van der Waals surface area contributed by atoms with E-state index in [2.05, 4.69) is 10.3 Å². The van der Waals surface area contributed by atoms with Gasteiger partial charge in [-0.05, 0) is 68.4 Å². The predicted molar refractivity (Wildman–Crippen MR) is 122 cm³/mol. The van der Waals surface area contributed by atoms with E-state index < -0.39 is 10.0 Å². The first-order valence-electron chi connectivity index (χ1n) is 11.5. The highest BCUT2D eigenvalue weighted by atomic mass is 32.2. The summed E-state index contributed by atoms with van der Waals surface area (Å²) in [6.45, 7) is 1.38. The van der Waals surface area contributed by atoms with Crippen molar-refractivity contribution in [2.24, 2.45) is 0 Å². The Balaban J connectivity index is 1.40. The summed E-state index contributed by atoms with van der Waals surface area (Å²) < 4.78 is 33.6. The van der Waals surface area contributed by atoms with Crippen molar-refractivity contribution >= 4 is 15.9 Å². The summed E-state index contributed by atoms with van der Waals surface area (Å²) in [6, 6.07) is 9.97. The zero-order valence-electron chi connectivity index (χ0n) is 18.3. The van der Waals surface area contributed by atoms with Gasteiger partial charge < -0.3 is 10.1 Å². The van der Waals surface area contributed by atoms with Gasteiger partial charge in [-0.25, -0.2) is 13.4 Å². The molecule has 0 unspecified atom stereocenters. The number of carbonyl (C=O) groups is 1. The fourth-order valence-corrected chi connectivity index (χ4v) is 5.88. The number of amides is 1. The van der Waals surface area contributed by atoms with Crippen molar-refractivity contribution in [1.29, 1.82) is 0 Å². The molecular formula is C24H31N3O4S. The molecule has 1 aliphatic heterocycles. The van der Waals surface area contributed by atoms with Crippen molar-refractivity contribution in [3.63, 3.8) is 0 Å². The van der Waals surface area contributed by atoms with Crippen molar-refractivity contribution < 1.29 is 17.9 Å². The fraction of sp³-hybridized carbons (Fsp3) is 0.500. The first-order chi connectivity index (χ1) is 15.5. The third-order valence-corrected chi connectivity index (χ3v) is 8.04. The minimum Gasteiger partial charge on any atom is -0.474 e. The third-order valence-electron chi connectivity index (χ3n) is 6.14. The van der Waals surface area contributed by atoms with Gasteiger partial charge in [0.05, 0.1) is 4.90 Å². The third kappa shape index (κ3) is 5.66. The summed E-state index contributed by atoms with van der Waals surface area (Å²) >= 11 is 0. The number of hydrogen-bond donors (Lipinski definition) is 1. The number of aromatic nitrogens is 1. The minimum absolute atomic E-state index is 0.170. The van der Waals surface area contributed by atoms with Gasteiger partial charge in [0.2, 0.25) is 15.9 Å². The Morgan fingerprint density at radius 2 is 1.78 bits per heavy atom. The molecule has 2 aliphatic rings. The molecule has 2 aromatic rings. The van der Waals surface area contributed by atoms with Gasteiger partial charge in [-0.2, -0.15) is 4.31 Å². The lowest BCUT2D eigenvalue weighted by Gasteiger charge is -2.20. The van der Waals surface area contributed by atoms with Crippen LogP contribution in [-0.4, -0.2) is 42.8 Å². The van der Waals surface area contributed by atoms with E-state index >= 15 is 0 Å². The Labute approximate surface area is 190 Å². The van der Waals surface area contributed by atoms with Crippen LogP contribution in [0.5, 0.6) is 5.88 Å². The van der Waals surface area contributed by atoms with Crippen LogP contribution in [0.1, 0.15) is 67.3 Å². The molecule has 8 heteroatoms. The molecular weight excluding hydrogens is 426 g/mol. The smallest absolute Gasteiger partial charge is 0.251 e. The second kappa shape index (κ2) is 10.4. The van der Waals surface area contributed by atoms with E-state index in [0.29, 0.717) is 31.1 Å². The number of pyridine rings is 1. The summed E-state index contributed by atoms with van der Waals surface area (Å²) in [6.07, 6.45) is 10.2. The number of carbonyl (C=O) groups excluding carboxylic acids is 1. The second-order valence-corrected chi connectivity index (χ2v) is 10.5. The van der Waals surface area contributed by atoms with Crippen molar-refractivity contribution in [2.75, 3.05) is 13.1 Å². The van der Waals surface area contributed by atoms with E-state index in [0.717, 1.165) is 44.1 Å². The maximum Gasteiger partial charge on any atom is 0.251 e. The zero-order chi connectivity index (χ0) is 22.4. The van der Waals surface area contributed by atoms with E-state index in [1.165, 1.54) is 18.9 Å². The summed E-state index contributed by atoms with van der Waals surface area (Å²) in [5.41, 5.74) is 1.21. The monoisotopic (exact) mass is 457 g/mol. The first kappa shape index (κ1) is 22.7. The molecule has 1 aliphatic carbocycles. The first-order valence-corrected chi connectivity index (χ1v) is 13.0. The number of nitrogens with one attached hydrogen (secondary N) is 1. The second-order valence-electron chi connectivity index (χ2n) is 8.56. The van der Waals surface area contributed by atoms with Crippen LogP contribution < -0.4 is 10.1 Å². The van der Waals surface area contributed by atoms with Crippen LogP contribution in [0.25, 0.3) is 0 Å². The highest BCUT2D eigenvalue weighted by Gasteiger charge is 2.25. The van der Waals surface area contributed by atoms with Gasteiger partial charge in [-0.15, -0.1) is 0 Å². The van der Waals surface area contributed by atoms with Gasteiger partial charge in [-0.3, -0.25) is 4.79 Å². The normalized spacial score (nSPS) is 18.2. The predicted octanol–water partition coefficient (Wildman–Crippen LogP) is 3.90. The number of sulfonamides is 1. The van der Waals surface area contributed by atoms with E-state index in [4.69, 9.17) is 4.74 Å². The molecule has 0 spiro atoms. The molecule has 0 bridgehead atoms. The molecule has 0 atom stereocenters. The Morgan fingerprint density at radius 3 is 2.53 bits per heavy atom. The van der Waals surface area contributed by atoms with Crippen LogP contribution in [0.4, 0.5) is 0 Å². The molecule has 1 aromatic heterocycles. The quantitative estimate of drug-likeness (QED) is 0.681. The highest BCUT2D eigenvalue weighted by molar-refractivity contribution is 7.89. The van der Waals surface area contributed by atoms with Crippen LogP contribution in [0, 0.1) is 0 Å². The summed E-state index contributed by atoms with van der Waals surface area (Å²) in [5.74, 6) is 0.266. The average molecular weight is 458 g/mol. The zero-order valence-corrected chi connectivity index (χ0v) is 19.1. The lowest BCUT2D eigenvalue weighted by atomic mass is 10.2. The minimum atomic E-state index is -3.60. The molecule has 7 nitrogen and oxygen atoms in total. The summed E-state index contributed by atoms with van der Waals surface area (Å²) in [4.78, 5) is 17.2. The standard InChI is InChI=1S/C24H31N3O4S/c28-24(26-18-19-12-13-25-23(16-19)31-21-9-3-4-10-21)20-8-7-11-22(17-20)32(29,30)27-14-5-1-2-6-15-27/h7-8,11-13,16-17,21H,1-6,9-10,14-15,18H2,(H,26,28). The van der Waals surface area contributed by atoms with Gasteiger partial charge in [0, 0.05) is 37.5 Å². The van der Waals surface area contributed by atoms with Crippen LogP contribution in [0.2, 0.25) is 0 Å². The largest absolute Gasteiger partial charge is 0.474 e. The molecule has 0 radical (unpaired) electrons. The molecule has 1 amide bonds. The Bertz CT molecular complexity index is 1030. The Kier molecular flexibility index (Phi) is 7.42. The SMILES string of the molecule is O=C(NCc1ccnc(OC2CCCC2)c1)c1cccc(S(=O)(=O)N2CCCCCC2)c1. The Morgan fingerprint density at radius 1 is 1.03 bits per heavy atom. The van der Waals surface area contributed by atoms with Crippen LogP contribution in [-0.2, 0) is 16.6 Å². The van der Waals surface area contributed by atoms with E-state index in [-0.39, 0.29) is 16.9 Å². The molecule has 32 heavy (non-hydrogen) atoms. The van der Waals surface area contributed by atoms with Crippen molar-refractivity contribution in [1.82, 2.24) is 14.6 Å². The summed E-state index contributed by atoms with van der Waals surface area (Å²) in [7, 11) is -3.60. The van der Waals surface area contributed by atoms with E-state index in [9.17, 15) is 13.2 Å². The molecule has 172 valence electrons. The molecule has 2 fully saturated rings. The van der Waals surface area contributed by atoms with Crippen LogP contribution >= 0.6 is 0 Å². The van der Waals surface area contributed by atoms with Gasteiger partial charge in [-0.1, -0.05) is 18.9 Å². The van der Waals surface area contributed by atoms with E-state index in [1.54, 1.807) is 28.7 Å². The highest BCUT2D eigenvalue weighted by Crippen LogP contribution is 2.24. The molecule has 1 N–H and O–H groups in total. The number of benzene rings is 1. The van der Waals surface area contributed by atoms with Gasteiger partial charge in [0.1, 0.15) is 6.10 Å². The molecule has 1 saturated heterocycles. The topological polar surface area (TPSA) is 88.6 Å². The van der Waals surface area contributed by atoms with Crippen molar-refractivity contribution in [3.8, 4) is 5.88 Å². The number of ether oxygens (including phenoxy) is 1. The lowest BCUT2D eigenvalue weighted by Crippen LogP contribution is -2.32. The molecule has 2 heterocycles. The fourth-order valence-electron chi connectivity index (χ4n) is 4.32. The van der Waals surface area contributed by atoms with E-state index in [1.807, 2.05) is 12.1 Å². The number of hydrogen-bond acceptors (Lipinski definition) is 5. The number of nitrogens with zero attached hydrogens (tertiary/aromatic N) is 2. The molecule has 4 rings (SSSR count). The van der Waals surface area contributed by atoms with Crippen LogP contribution in [0.15, 0.2) is 47.5 Å². The summed E-state index contributed by atoms with van der Waals surface area (Å²) in [5, 5.41) is 2.87. The van der Waals surface area contributed by atoms with Crippen LogP contribution in [0.3, 0.4) is 0 Å². The average Bonchev–Trinajstić information content (AvgIpc) is 3.15. The van der Waals surface area contributed by atoms with Crippen molar-refractivity contribution in [2.45, 2.75) is 68.9 Å². The molecule has 1 saturated carbocycles. The van der Waals surface area contributed by atoms with Gasteiger partial charge in [0.25, 0.3) is 5.91 Å². The Hall–Kier alpha value is -2.45. The maximum absolute atomic E-state index is 13.0. The maximum atomic E-state index is 13.0. The number of rotatable bonds is 7. The molecule has 1 aromatic carbocycles. The van der Waals surface area contributed by atoms with Crippen molar-refractivity contribution in [3.05, 3.63) is 53.7 Å². The lowest BCUT2D eigenvalue weighted by molar-refractivity contribution is 0.0950. The van der Waals surface area contributed by atoms with Gasteiger partial charge >= 0.3 is 0 Å². The van der Waals surface area contributed by atoms with Gasteiger partial charge in [0.15, 0.2) is 0 Å².